The normalized spacial score (nSPS) is 21.7. The molecule has 43 heavy (non-hydrogen) atoms. The van der Waals surface area contributed by atoms with Crippen LogP contribution in [0.2, 0.25) is 0 Å². The van der Waals surface area contributed by atoms with Gasteiger partial charge in [-0.05, 0) is 59.7 Å². The number of nitrogens with one attached hydrogen (secondary N) is 1. The molecule has 3 aromatic rings. The number of rotatable bonds is 6. The van der Waals surface area contributed by atoms with Gasteiger partial charge in [-0.2, -0.15) is 0 Å². The van der Waals surface area contributed by atoms with E-state index >= 15 is 4.39 Å². The maximum Gasteiger partial charge on any atom is 0.413 e. The molecule has 0 saturated carbocycles. The van der Waals surface area contributed by atoms with Crippen molar-refractivity contribution >= 4 is 21.7 Å². The number of hydrogen-bond acceptors (Lipinski definition) is 10. The number of nitrogens with zero attached hydrogens (tertiary/aromatic N) is 5. The molecule has 0 aliphatic carbocycles. The van der Waals surface area contributed by atoms with E-state index in [1.54, 1.807) is 47.6 Å². The summed E-state index contributed by atoms with van der Waals surface area (Å²) in [4.78, 5) is 25.5. The van der Waals surface area contributed by atoms with Gasteiger partial charge in [-0.15, -0.1) is 0 Å². The molecule has 3 heterocycles. The standard InChI is InChI=1S/C28H33F3N6O5S/c1-26(2,3)41-25(38)35-24-27(4,5)43(39,32-7)15-28(6,36-24)17-10-16(8-9-18(17)29)21-11-19(37-42-21)20-12-34-23(13-33-20)40-14-22(30)31/h8-13,22H,14-15H2,1-7H3,(H,35,36,38)/t28-,43+/m0/s1. The molecule has 1 aliphatic rings. The Bertz CT molecular complexity index is 1660. The molecule has 0 bridgehead atoms. The molecule has 1 amide bonds. The number of carbonyl (C=O) groups excluding carboxylic acids is 1. The number of halogens is 3. The van der Waals surface area contributed by atoms with Gasteiger partial charge >= 0.3 is 6.09 Å². The van der Waals surface area contributed by atoms with Gasteiger partial charge < -0.3 is 14.0 Å². The minimum Gasteiger partial charge on any atom is -0.470 e. The van der Waals surface area contributed by atoms with E-state index in [9.17, 15) is 17.8 Å². The molecular weight excluding hydrogens is 589 g/mol. The van der Waals surface area contributed by atoms with Gasteiger partial charge in [0, 0.05) is 24.2 Å². The Morgan fingerprint density at radius 2 is 1.88 bits per heavy atom. The quantitative estimate of drug-likeness (QED) is 0.374. The van der Waals surface area contributed by atoms with E-state index in [1.165, 1.54) is 37.6 Å². The van der Waals surface area contributed by atoms with E-state index in [0.29, 0.717) is 5.56 Å². The number of carbonyl (C=O) groups is 1. The van der Waals surface area contributed by atoms with Crippen molar-refractivity contribution in [2.45, 2.75) is 63.9 Å². The fourth-order valence-electron chi connectivity index (χ4n) is 4.43. The van der Waals surface area contributed by atoms with E-state index in [4.69, 9.17) is 19.0 Å². The molecule has 11 nitrogen and oxygen atoms in total. The molecule has 4 rings (SSSR count). The van der Waals surface area contributed by atoms with Crippen LogP contribution in [0.15, 0.2) is 50.5 Å². The summed E-state index contributed by atoms with van der Waals surface area (Å²) in [6.45, 7) is 9.23. The van der Waals surface area contributed by atoms with Crippen molar-refractivity contribution in [2.24, 2.45) is 9.36 Å². The van der Waals surface area contributed by atoms with E-state index < -0.39 is 50.6 Å². The molecule has 0 spiro atoms. The number of aromatic nitrogens is 3. The van der Waals surface area contributed by atoms with Gasteiger partial charge in [-0.3, -0.25) is 10.3 Å². The molecule has 1 aromatic carbocycles. The Labute approximate surface area is 247 Å². The monoisotopic (exact) mass is 622 g/mol. The summed E-state index contributed by atoms with van der Waals surface area (Å²) in [5, 5.41) is 6.62. The molecule has 0 saturated heterocycles. The predicted octanol–water partition coefficient (Wildman–Crippen LogP) is 5.61. The van der Waals surface area contributed by atoms with Gasteiger partial charge in [0.05, 0.1) is 27.9 Å². The van der Waals surface area contributed by atoms with Crippen LogP contribution in [0.4, 0.5) is 18.0 Å². The lowest BCUT2D eigenvalue weighted by molar-refractivity contribution is 0.0560. The minimum atomic E-state index is -3.08. The Morgan fingerprint density at radius 1 is 1.16 bits per heavy atom. The number of ether oxygens (including phenoxy) is 2. The second-order valence-electron chi connectivity index (χ2n) is 11.6. The minimum absolute atomic E-state index is 0.0532. The summed E-state index contributed by atoms with van der Waals surface area (Å²) in [5.74, 6) is -0.503. The molecular formula is C28H33F3N6O5S. The average molecular weight is 623 g/mol. The first-order valence-corrected chi connectivity index (χ1v) is 14.9. The van der Waals surface area contributed by atoms with Gasteiger partial charge in [0.1, 0.15) is 38.9 Å². The van der Waals surface area contributed by atoms with Gasteiger partial charge in [0.25, 0.3) is 6.43 Å². The van der Waals surface area contributed by atoms with Gasteiger partial charge in [-0.1, -0.05) is 5.16 Å². The van der Waals surface area contributed by atoms with Crippen molar-refractivity contribution in [3.05, 3.63) is 48.0 Å². The summed E-state index contributed by atoms with van der Waals surface area (Å²) in [6, 6.07) is 5.77. The highest BCUT2D eigenvalue weighted by Gasteiger charge is 2.49. The van der Waals surface area contributed by atoms with Crippen LogP contribution < -0.4 is 10.1 Å². The van der Waals surface area contributed by atoms with Crippen molar-refractivity contribution in [1.29, 1.82) is 0 Å². The fourth-order valence-corrected chi connectivity index (χ4v) is 6.76. The molecule has 0 fully saturated rings. The third-order valence-corrected chi connectivity index (χ3v) is 10.0. The molecule has 0 radical (unpaired) electrons. The van der Waals surface area contributed by atoms with Crippen molar-refractivity contribution < 1.29 is 36.2 Å². The summed E-state index contributed by atoms with van der Waals surface area (Å²) < 4.78 is 73.1. The maximum atomic E-state index is 15.5. The highest BCUT2D eigenvalue weighted by atomic mass is 32.2. The van der Waals surface area contributed by atoms with Gasteiger partial charge in [0.2, 0.25) is 5.88 Å². The Morgan fingerprint density at radius 3 is 2.49 bits per heavy atom. The topological polar surface area (TPSA) is 141 Å². The number of benzene rings is 1. The van der Waals surface area contributed by atoms with Crippen molar-refractivity contribution in [2.75, 3.05) is 19.4 Å². The maximum absolute atomic E-state index is 15.5. The number of alkyl carbamates (subject to hydrolysis) is 1. The highest BCUT2D eigenvalue weighted by Crippen LogP contribution is 2.41. The molecule has 232 valence electrons. The third kappa shape index (κ3) is 6.81. The average Bonchev–Trinajstić information content (AvgIpc) is 3.40. The summed E-state index contributed by atoms with van der Waals surface area (Å²) in [7, 11) is -1.66. The van der Waals surface area contributed by atoms with E-state index in [1.807, 2.05) is 0 Å². The molecule has 2 aromatic heterocycles. The molecule has 1 N–H and O–H groups in total. The second kappa shape index (κ2) is 11.6. The lowest BCUT2D eigenvalue weighted by Crippen LogP contribution is -2.57. The Kier molecular flexibility index (Phi) is 8.60. The summed E-state index contributed by atoms with van der Waals surface area (Å²) >= 11 is 0. The zero-order valence-electron chi connectivity index (χ0n) is 24.8. The van der Waals surface area contributed by atoms with E-state index in [-0.39, 0.29) is 40.2 Å². The third-order valence-electron chi connectivity index (χ3n) is 6.71. The van der Waals surface area contributed by atoms with Gasteiger partial charge in [-0.25, -0.2) is 36.5 Å². The van der Waals surface area contributed by atoms with Crippen LogP contribution >= 0.6 is 0 Å². The first-order valence-electron chi connectivity index (χ1n) is 13.2. The lowest BCUT2D eigenvalue weighted by atomic mass is 9.91. The van der Waals surface area contributed by atoms with Gasteiger partial charge in [0.15, 0.2) is 12.4 Å². The largest absolute Gasteiger partial charge is 0.470 e. The Balaban J connectivity index is 1.70. The highest BCUT2D eigenvalue weighted by molar-refractivity contribution is 7.95. The molecule has 0 unspecified atom stereocenters. The van der Waals surface area contributed by atoms with Crippen LogP contribution in [0.5, 0.6) is 5.88 Å². The Hall–Kier alpha value is -4.01. The fraction of sp³-hybridized carbons (Fsp3) is 0.464. The zero-order chi connectivity index (χ0) is 31.8. The van der Waals surface area contributed by atoms with Crippen LogP contribution in [-0.2, 0) is 20.0 Å². The van der Waals surface area contributed by atoms with Crippen molar-refractivity contribution in [3.8, 4) is 28.6 Å². The van der Waals surface area contributed by atoms with Crippen LogP contribution in [-0.4, -0.2) is 67.4 Å². The zero-order valence-corrected chi connectivity index (χ0v) is 25.6. The van der Waals surface area contributed by atoms with Crippen LogP contribution in [0, 0.1) is 5.82 Å². The molecule has 1 aliphatic heterocycles. The second-order valence-corrected chi connectivity index (χ2v) is 14.5. The smallest absolute Gasteiger partial charge is 0.413 e. The molecule has 2 atom stereocenters. The van der Waals surface area contributed by atoms with Crippen LogP contribution in [0.25, 0.3) is 22.7 Å². The number of aliphatic imine (C=N–C) groups is 1. The van der Waals surface area contributed by atoms with Crippen LogP contribution in [0.3, 0.4) is 0 Å². The van der Waals surface area contributed by atoms with Crippen molar-refractivity contribution in [3.63, 3.8) is 0 Å². The SMILES string of the molecule is CN=[S@@]1(=O)C[C@@](C)(c2cc(-c3cc(-c4cnc(OCC(F)F)cn4)no3)ccc2F)N=C(NC(=O)OC(C)(C)C)C1(C)C. The molecule has 15 heteroatoms. The lowest BCUT2D eigenvalue weighted by Gasteiger charge is -2.41. The van der Waals surface area contributed by atoms with E-state index in [0.717, 1.165) is 0 Å². The van der Waals surface area contributed by atoms with E-state index in [2.05, 4.69) is 24.8 Å². The number of alkyl halides is 2. The summed E-state index contributed by atoms with van der Waals surface area (Å²) in [5.41, 5.74) is -1.10. The number of amides is 1. The number of amidine groups is 1. The predicted molar refractivity (Wildman–Crippen MR) is 154 cm³/mol. The number of hydrogen-bond donors (Lipinski definition) is 1. The summed E-state index contributed by atoms with van der Waals surface area (Å²) in [6.07, 6.45) is -0.960. The first kappa shape index (κ1) is 31.9. The van der Waals surface area contributed by atoms with Crippen molar-refractivity contribution in [1.82, 2.24) is 20.4 Å². The van der Waals surface area contributed by atoms with Crippen LogP contribution in [0.1, 0.15) is 47.1 Å². The first-order chi connectivity index (χ1) is 20.0.